The number of rotatable bonds is 29. The average molecular weight is 1280 g/mol. The predicted octanol–water partition coefficient (Wildman–Crippen LogP) is 8.41. The van der Waals surface area contributed by atoms with Crippen LogP contribution in [-0.4, -0.2) is 177 Å². The van der Waals surface area contributed by atoms with Crippen molar-refractivity contribution in [3.63, 3.8) is 0 Å². The molecule has 0 spiro atoms. The first-order valence-electron chi connectivity index (χ1n) is 32.0. The highest BCUT2D eigenvalue weighted by Gasteiger charge is 2.63. The Morgan fingerprint density at radius 1 is 0.820 bits per heavy atom. The maximum Gasteiger partial charge on any atom is 0.415 e. The molecule has 6 N–H and O–H groups in total. The van der Waals surface area contributed by atoms with Gasteiger partial charge in [-0.1, -0.05) is 34.6 Å². The monoisotopic (exact) mass is 1270 g/mol. The van der Waals surface area contributed by atoms with Gasteiger partial charge in [0.2, 0.25) is 17.7 Å². The number of aromatic nitrogens is 1. The van der Waals surface area contributed by atoms with E-state index in [0.29, 0.717) is 97.8 Å². The van der Waals surface area contributed by atoms with E-state index in [1.54, 1.807) is 59.9 Å². The lowest BCUT2D eigenvalue weighted by atomic mass is 9.43. The molecule has 2 aromatic rings. The molecule has 0 saturated heterocycles. The molecule has 4 fully saturated rings. The van der Waals surface area contributed by atoms with Crippen LogP contribution in [0.1, 0.15) is 157 Å². The van der Waals surface area contributed by atoms with Gasteiger partial charge in [0.1, 0.15) is 21.8 Å². The van der Waals surface area contributed by atoms with E-state index in [9.17, 15) is 58.8 Å². The van der Waals surface area contributed by atoms with Gasteiger partial charge in [-0.3, -0.25) is 29.0 Å². The second-order valence-corrected chi connectivity index (χ2v) is 29.2. The fraction of sp³-hybridized carbons (Fsp3) is 0.697. The number of ketones is 2. The zero-order valence-corrected chi connectivity index (χ0v) is 55.0. The van der Waals surface area contributed by atoms with Crippen LogP contribution in [0.15, 0.2) is 45.5 Å². The third kappa shape index (κ3) is 16.2. The molecular weight excluding hydrogens is 1180 g/mol. The summed E-state index contributed by atoms with van der Waals surface area (Å²) in [5, 5.41) is 48.2. The second kappa shape index (κ2) is 29.8. The quantitative estimate of drug-likeness (QED) is 0.0329. The number of unbranched alkanes of at least 4 members (excludes halogenated alkanes) is 1. The molecule has 6 aliphatic rings. The molecule has 12 atom stereocenters. The van der Waals surface area contributed by atoms with E-state index in [-0.39, 0.29) is 142 Å². The lowest BCUT2D eigenvalue weighted by molar-refractivity contribution is -0.174. The molecule has 2 heterocycles. The molecule has 490 valence electrons. The number of aliphatic imine (C=N–C) groups is 1. The van der Waals surface area contributed by atoms with Crippen LogP contribution in [-0.2, 0) is 43.0 Å². The molecular formula is C66H94N6O15S2. The normalized spacial score (nSPS) is 27.5. The van der Waals surface area contributed by atoms with E-state index in [2.05, 4.69) is 41.4 Å². The van der Waals surface area contributed by atoms with Crippen LogP contribution >= 0.6 is 23.1 Å². The number of carboxylic acids is 2. The van der Waals surface area contributed by atoms with Gasteiger partial charge in [0.25, 0.3) is 0 Å². The Morgan fingerprint density at radius 2 is 1.53 bits per heavy atom. The Bertz CT molecular complexity index is 3090. The number of aliphatic carboxylic acids is 2. The van der Waals surface area contributed by atoms with Crippen LogP contribution in [0.5, 0.6) is 5.75 Å². The minimum atomic E-state index is -1.10. The van der Waals surface area contributed by atoms with E-state index >= 15 is 0 Å². The minimum absolute atomic E-state index is 0.0479. The smallest absolute Gasteiger partial charge is 0.415 e. The van der Waals surface area contributed by atoms with Crippen molar-refractivity contribution in [1.29, 1.82) is 0 Å². The maximum atomic E-state index is 13.9. The van der Waals surface area contributed by atoms with Crippen LogP contribution in [0.3, 0.4) is 0 Å². The number of thioether (sulfide) groups is 1. The highest BCUT2D eigenvalue weighted by Crippen LogP contribution is 2.68. The third-order valence-corrected chi connectivity index (χ3v) is 23.2. The molecule has 0 radical (unpaired) electrons. The van der Waals surface area contributed by atoms with E-state index in [1.165, 1.54) is 32.9 Å². The van der Waals surface area contributed by atoms with E-state index < -0.39 is 35.5 Å². The number of Topliss-reactive ketones (excluding diaryl/α,β-unsaturated/α-hetero) is 2. The van der Waals surface area contributed by atoms with Gasteiger partial charge >= 0.3 is 18.0 Å². The van der Waals surface area contributed by atoms with Crippen LogP contribution in [0.2, 0.25) is 0 Å². The number of benzene rings is 1. The number of allylic oxidation sites excluding steroid dienone is 4. The number of hydrogen-bond donors (Lipinski definition) is 6. The van der Waals surface area contributed by atoms with E-state index in [1.807, 2.05) is 0 Å². The Hall–Kier alpha value is -5.59. The molecule has 1 aromatic heterocycles. The molecule has 89 heavy (non-hydrogen) atoms. The van der Waals surface area contributed by atoms with Crippen molar-refractivity contribution in [2.24, 2.45) is 56.7 Å². The summed E-state index contributed by atoms with van der Waals surface area (Å²) >= 11 is 2.61. The van der Waals surface area contributed by atoms with Crippen LogP contribution < -0.4 is 15.4 Å². The summed E-state index contributed by atoms with van der Waals surface area (Å²) in [6.07, 6.45) is 8.60. The number of ether oxygens (including phenoxy) is 3. The van der Waals surface area contributed by atoms with Crippen molar-refractivity contribution >= 4 is 85.7 Å². The average Bonchev–Trinajstić information content (AvgIpc) is 1.71. The number of aliphatic hydroxyl groups excluding tert-OH is 2. The number of nitrogens with one attached hydrogen (secondary N) is 2. The summed E-state index contributed by atoms with van der Waals surface area (Å²) in [6.45, 7) is 16.5. The standard InChI is InChI=1S/C66H94N6O15S2/c1-37(44-15-16-45-55-46(20-23-66(44,45)8)65(7)22-19-42(73)32-41(65)33-50(55)74)13-18-53(76)68-48(61(80)81)12-10-11-24-67-52(75)21-28-85-30-31-86-29-27-72(26-25-71(9)54(77)35-64(5,6)56-40(4)57(78)38(2)39(3)58(56)79)63(84)87-43-14-17-47-51(34-43)89-60(69-47)59-70-49(36-88-59)62(82)83/h14,17,34,37,41-42,44-46,48-50,55,73-74H,10-13,15-16,18-33,35-36H2,1-9H3,(H,67,75)(H,68,76)(H,80,81)(H,82,83)/t37-,41+,42-,44?,45+,46+,48?,49?,50-,55+,65+,66-/m1/s1. The SMILES string of the molecule is CC1=C(C)C(=O)C(C(C)(C)CC(=O)N(C)CCN(CCOCCOCCC(=O)NCCCCC(NC(=O)CC[C@@H](C)C2CC[C@H]3[C@@H]4[C@H](O)C[C@@H]5C[C@H](O)CC[C@]5(C)[C@H]4CC[C@]23C)C(=O)O)C(=O)Oc2ccc3nc(C4=NC(C(=O)O)CS4)sc3c2)=C(C)C1=O. The number of aliphatic hydroxyl groups is 2. The summed E-state index contributed by atoms with van der Waals surface area (Å²) in [7, 11) is 1.60. The van der Waals surface area contributed by atoms with Gasteiger partial charge in [0.15, 0.2) is 17.6 Å². The number of amides is 4. The summed E-state index contributed by atoms with van der Waals surface area (Å²) in [5.41, 5.74) is 1.29. The maximum absolute atomic E-state index is 13.9. The van der Waals surface area contributed by atoms with Gasteiger partial charge in [-0.15, -0.1) is 23.1 Å². The molecule has 4 amide bonds. The molecule has 21 nitrogen and oxygen atoms in total. The number of carboxylic acid groups (broad SMARTS) is 2. The first-order valence-corrected chi connectivity index (χ1v) is 33.8. The summed E-state index contributed by atoms with van der Waals surface area (Å²) in [4.78, 5) is 115. The molecule has 8 rings (SSSR count). The number of fused-ring (bicyclic) bond motifs is 6. The second-order valence-electron chi connectivity index (χ2n) is 27.1. The molecule has 23 heteroatoms. The van der Waals surface area contributed by atoms with Gasteiger partial charge in [-0.2, -0.15) is 0 Å². The Morgan fingerprint density at radius 3 is 2.25 bits per heavy atom. The van der Waals surface area contributed by atoms with Gasteiger partial charge in [0, 0.05) is 92.0 Å². The summed E-state index contributed by atoms with van der Waals surface area (Å²) < 4.78 is 18.0. The summed E-state index contributed by atoms with van der Waals surface area (Å²) in [6, 6.07) is 3.08. The van der Waals surface area contributed by atoms with Crippen molar-refractivity contribution in [3.05, 3.63) is 45.5 Å². The molecule has 1 aliphatic heterocycles. The van der Waals surface area contributed by atoms with Crippen LogP contribution in [0.4, 0.5) is 4.79 Å². The van der Waals surface area contributed by atoms with Gasteiger partial charge < -0.3 is 55.1 Å². The molecule has 3 unspecified atom stereocenters. The molecule has 1 aromatic carbocycles. The first-order chi connectivity index (χ1) is 42.1. The minimum Gasteiger partial charge on any atom is -0.480 e. The fourth-order valence-electron chi connectivity index (χ4n) is 15.8. The number of hydrogen-bond acceptors (Lipinski definition) is 17. The highest BCUT2D eigenvalue weighted by atomic mass is 32.2. The molecule has 4 saturated carbocycles. The van der Waals surface area contributed by atoms with Crippen LogP contribution in [0, 0.1) is 51.8 Å². The van der Waals surface area contributed by atoms with Crippen molar-refractivity contribution in [1.82, 2.24) is 25.4 Å². The predicted molar refractivity (Wildman–Crippen MR) is 338 cm³/mol. The zero-order chi connectivity index (χ0) is 64.7. The Labute approximate surface area is 531 Å². The number of likely N-dealkylation sites (N-methyl/N-ethyl adjacent to an activating group) is 1. The largest absolute Gasteiger partial charge is 0.480 e. The van der Waals surface area contributed by atoms with Gasteiger partial charge in [-0.25, -0.2) is 19.4 Å². The van der Waals surface area contributed by atoms with Crippen molar-refractivity contribution < 1.29 is 73.0 Å². The van der Waals surface area contributed by atoms with Gasteiger partial charge in [-0.05, 0) is 156 Å². The summed E-state index contributed by atoms with van der Waals surface area (Å²) in [5.74, 6) is -0.621. The number of thiazole rings is 1. The van der Waals surface area contributed by atoms with Crippen molar-refractivity contribution in [2.75, 3.05) is 65.4 Å². The molecule has 0 bridgehead atoms. The van der Waals surface area contributed by atoms with E-state index in [4.69, 9.17) is 14.2 Å². The fourth-order valence-corrected chi connectivity index (χ4v) is 17.8. The van der Waals surface area contributed by atoms with Crippen LogP contribution in [0.25, 0.3) is 10.2 Å². The lowest BCUT2D eigenvalue weighted by Gasteiger charge is -2.62. The topological polar surface area (TPSA) is 301 Å². The highest BCUT2D eigenvalue weighted by molar-refractivity contribution is 8.15. The van der Waals surface area contributed by atoms with Gasteiger partial charge in [0.05, 0.1) is 48.9 Å². The number of nitrogens with zero attached hydrogens (tertiary/aromatic N) is 4. The van der Waals surface area contributed by atoms with E-state index in [0.717, 1.165) is 51.4 Å². The Balaban J connectivity index is 0.729. The number of carbonyl (C=O) groups is 8. The lowest BCUT2D eigenvalue weighted by Crippen LogP contribution is -2.58. The Kier molecular flexibility index (Phi) is 23.2. The first kappa shape index (κ1) is 69.3. The zero-order valence-electron chi connectivity index (χ0n) is 53.4. The van der Waals surface area contributed by atoms with Crippen molar-refractivity contribution in [3.8, 4) is 5.75 Å². The third-order valence-electron chi connectivity index (χ3n) is 21.0. The van der Waals surface area contributed by atoms with Crippen molar-refractivity contribution in [2.45, 2.75) is 176 Å². The molecule has 5 aliphatic carbocycles. The number of carbonyl (C=O) groups excluding carboxylic acids is 6.